The van der Waals surface area contributed by atoms with Crippen LogP contribution in [0.2, 0.25) is 5.02 Å². The summed E-state index contributed by atoms with van der Waals surface area (Å²) in [6, 6.07) is 5.93. The highest BCUT2D eigenvalue weighted by Gasteiger charge is 2.45. The molecule has 0 unspecified atom stereocenters. The second-order valence-corrected chi connectivity index (χ2v) is 6.88. The van der Waals surface area contributed by atoms with Crippen molar-refractivity contribution >= 4 is 29.6 Å². The van der Waals surface area contributed by atoms with E-state index in [1.807, 2.05) is 0 Å². The number of likely N-dealkylation sites (tertiary alicyclic amines) is 1. The van der Waals surface area contributed by atoms with E-state index in [4.69, 9.17) is 21.1 Å². The van der Waals surface area contributed by atoms with Crippen molar-refractivity contribution < 1.29 is 38.6 Å². The topological polar surface area (TPSA) is 130 Å². The van der Waals surface area contributed by atoms with Crippen molar-refractivity contribution in [1.29, 1.82) is 0 Å². The fraction of sp³-hybridized carbons (Fsp3) is 0.316. The molecule has 3 rings (SSSR count). The lowest BCUT2D eigenvalue weighted by Gasteiger charge is -2.28. The molecule has 0 bridgehead atoms. The number of methoxy groups -OCH3 is 2. The summed E-state index contributed by atoms with van der Waals surface area (Å²) in [4.78, 5) is 41.9. The van der Waals surface area contributed by atoms with Crippen molar-refractivity contribution in [3.05, 3.63) is 46.6 Å². The number of carboxylic acid groups (broad SMARTS) is 2. The number of amides is 1. The van der Waals surface area contributed by atoms with Crippen LogP contribution >= 0.6 is 11.6 Å². The summed E-state index contributed by atoms with van der Waals surface area (Å²) in [5, 5.41) is 19.4. The molecule has 0 radical (unpaired) electrons. The van der Waals surface area contributed by atoms with E-state index in [2.05, 4.69) is 4.98 Å². The van der Waals surface area contributed by atoms with Crippen molar-refractivity contribution in [1.82, 2.24) is 9.88 Å². The minimum Gasteiger partial charge on any atom is -0.480 e. The molecule has 2 heterocycles. The molecular weight excluding hydrogens is 418 g/mol. The van der Waals surface area contributed by atoms with Crippen LogP contribution in [0.3, 0.4) is 0 Å². The van der Waals surface area contributed by atoms with Crippen LogP contribution in [0.5, 0.6) is 11.9 Å². The average molecular weight is 437 g/mol. The molecule has 11 heteroatoms. The Morgan fingerprint density at radius 2 is 1.87 bits per heavy atom. The van der Waals surface area contributed by atoms with Gasteiger partial charge in [-0.15, -0.1) is 0 Å². The molecule has 30 heavy (non-hydrogen) atoms. The van der Waals surface area contributed by atoms with Gasteiger partial charge in [0.1, 0.15) is 6.04 Å². The average Bonchev–Trinajstić information content (AvgIpc) is 3.17. The molecule has 1 aliphatic rings. The molecule has 0 saturated carbocycles. The Labute approximate surface area is 176 Å². The highest BCUT2D eigenvalue weighted by Crippen LogP contribution is 2.40. The summed E-state index contributed by atoms with van der Waals surface area (Å²) in [5.74, 6) is -2.08. The van der Waals surface area contributed by atoms with Gasteiger partial charge in [0.2, 0.25) is 0 Å². The molecule has 0 aliphatic carbocycles. The molecule has 2 aromatic rings. The second kappa shape index (κ2) is 8.54. The summed E-state index contributed by atoms with van der Waals surface area (Å²) in [5.41, 5.74) is 0.401. The van der Waals surface area contributed by atoms with E-state index >= 15 is 0 Å². The predicted molar refractivity (Wildman–Crippen MR) is 102 cm³/mol. The molecule has 1 fully saturated rings. The molecule has 0 spiro atoms. The van der Waals surface area contributed by atoms with Gasteiger partial charge in [0.15, 0.2) is 0 Å². The Morgan fingerprint density at radius 3 is 2.43 bits per heavy atom. The molecular formula is C19H19ClN3O7+. The molecule has 10 nitrogen and oxygen atoms in total. The Balaban J connectivity index is 2.11. The van der Waals surface area contributed by atoms with Crippen LogP contribution in [0.15, 0.2) is 30.3 Å². The fourth-order valence-electron chi connectivity index (χ4n) is 3.55. The van der Waals surface area contributed by atoms with Crippen LogP contribution in [0, 0.1) is 0 Å². The number of aromatic nitrogens is 2. The number of hydrogen-bond acceptors (Lipinski definition) is 6. The maximum Gasteiger partial charge on any atom is 0.515 e. The summed E-state index contributed by atoms with van der Waals surface area (Å²) >= 11 is 6.29. The van der Waals surface area contributed by atoms with E-state index in [0.717, 1.165) is 6.07 Å². The molecule has 2 N–H and O–H groups in total. The second-order valence-electron chi connectivity index (χ2n) is 6.47. The van der Waals surface area contributed by atoms with Gasteiger partial charge in [0, 0.05) is 10.0 Å². The van der Waals surface area contributed by atoms with Gasteiger partial charge >= 0.3 is 24.0 Å². The van der Waals surface area contributed by atoms with Crippen molar-refractivity contribution in [2.75, 3.05) is 14.2 Å². The number of aliphatic carboxylic acids is 1. The van der Waals surface area contributed by atoms with Gasteiger partial charge in [-0.2, -0.15) is 4.79 Å². The van der Waals surface area contributed by atoms with Gasteiger partial charge in [-0.1, -0.05) is 34.4 Å². The smallest absolute Gasteiger partial charge is 0.480 e. The number of rotatable bonds is 5. The summed E-state index contributed by atoms with van der Waals surface area (Å²) in [6.45, 7) is 0. The van der Waals surface area contributed by atoms with Crippen LogP contribution in [0.25, 0.3) is 0 Å². The van der Waals surface area contributed by atoms with E-state index in [-0.39, 0.29) is 18.0 Å². The Hall–Kier alpha value is -3.40. The first kappa shape index (κ1) is 21.3. The standard InChI is InChI=1S/C19H18ClN3O7/c1-29-15-9-12(21-18(30-2)23(15)19(27)28)16(24)22-13(7-8-14(22)17(25)26)10-5-3-4-6-11(10)20/h3-6,9,13-14H,7-8H2,1-2H3,(H-,25,26,27,28)/p+1/t13-,14+/m1/s1. The van der Waals surface area contributed by atoms with E-state index in [1.54, 1.807) is 24.3 Å². The third kappa shape index (κ3) is 3.73. The quantitative estimate of drug-likeness (QED) is 0.680. The number of halogens is 1. The first-order valence-corrected chi connectivity index (χ1v) is 9.26. The van der Waals surface area contributed by atoms with Gasteiger partial charge < -0.3 is 24.6 Å². The minimum atomic E-state index is -1.42. The van der Waals surface area contributed by atoms with Crippen molar-refractivity contribution in [2.45, 2.75) is 24.9 Å². The predicted octanol–water partition coefficient (Wildman–Crippen LogP) is 2.00. The van der Waals surface area contributed by atoms with Crippen molar-refractivity contribution in [3.8, 4) is 11.9 Å². The Morgan fingerprint density at radius 1 is 1.17 bits per heavy atom. The first-order chi connectivity index (χ1) is 14.3. The highest BCUT2D eigenvalue weighted by molar-refractivity contribution is 6.31. The molecule has 2 atom stereocenters. The maximum absolute atomic E-state index is 13.4. The molecule has 1 aliphatic heterocycles. The first-order valence-electron chi connectivity index (χ1n) is 8.88. The molecule has 1 saturated heterocycles. The lowest BCUT2D eigenvalue weighted by molar-refractivity contribution is -0.601. The summed E-state index contributed by atoms with van der Waals surface area (Å²) < 4.78 is 10.7. The monoisotopic (exact) mass is 436 g/mol. The summed E-state index contributed by atoms with van der Waals surface area (Å²) in [7, 11) is 2.42. The molecule has 1 aromatic carbocycles. The van der Waals surface area contributed by atoms with Gasteiger partial charge in [0.05, 0.1) is 26.3 Å². The van der Waals surface area contributed by atoms with Crippen molar-refractivity contribution in [2.24, 2.45) is 0 Å². The molecule has 1 aromatic heterocycles. The SMILES string of the molecule is COc1cc(C(=O)N2[C@@H](c3ccccc3Cl)CC[C@H]2C(=O)O)nc(OC)[n+]1C(=O)O. The van der Waals surface area contributed by atoms with Crippen LogP contribution in [-0.2, 0) is 4.79 Å². The van der Waals surface area contributed by atoms with E-state index in [1.165, 1.54) is 19.1 Å². The van der Waals surface area contributed by atoms with Gasteiger partial charge in [0.25, 0.3) is 11.6 Å². The van der Waals surface area contributed by atoms with Crippen LogP contribution in [0.4, 0.5) is 4.79 Å². The number of carboxylic acids is 1. The Kier molecular flexibility index (Phi) is 6.06. The largest absolute Gasteiger partial charge is 0.515 e. The number of benzene rings is 1. The fourth-order valence-corrected chi connectivity index (χ4v) is 3.82. The lowest BCUT2D eigenvalue weighted by atomic mass is 10.0. The van der Waals surface area contributed by atoms with E-state index in [0.29, 0.717) is 21.6 Å². The maximum atomic E-state index is 13.4. The zero-order valence-corrected chi connectivity index (χ0v) is 16.9. The zero-order chi connectivity index (χ0) is 22.0. The summed E-state index contributed by atoms with van der Waals surface area (Å²) in [6.07, 6.45) is -0.802. The third-order valence-electron chi connectivity index (χ3n) is 4.86. The van der Waals surface area contributed by atoms with Crippen molar-refractivity contribution in [3.63, 3.8) is 0 Å². The zero-order valence-electron chi connectivity index (χ0n) is 16.1. The van der Waals surface area contributed by atoms with Gasteiger partial charge in [-0.05, 0) is 24.5 Å². The van der Waals surface area contributed by atoms with Gasteiger partial charge in [-0.3, -0.25) is 4.79 Å². The van der Waals surface area contributed by atoms with E-state index in [9.17, 15) is 24.6 Å². The van der Waals surface area contributed by atoms with Crippen LogP contribution in [0.1, 0.15) is 34.9 Å². The van der Waals surface area contributed by atoms with Crippen LogP contribution < -0.4 is 14.0 Å². The Bertz CT molecular complexity index is 988. The normalized spacial score (nSPS) is 18.2. The van der Waals surface area contributed by atoms with Gasteiger partial charge in [-0.25, -0.2) is 4.79 Å². The third-order valence-corrected chi connectivity index (χ3v) is 5.20. The number of carbonyl (C=O) groups is 3. The van der Waals surface area contributed by atoms with Crippen LogP contribution in [-0.4, -0.2) is 58.3 Å². The highest BCUT2D eigenvalue weighted by atomic mass is 35.5. The number of carbonyl (C=O) groups excluding carboxylic acids is 1. The lowest BCUT2D eigenvalue weighted by Crippen LogP contribution is -2.46. The number of nitrogens with zero attached hydrogens (tertiary/aromatic N) is 3. The van der Waals surface area contributed by atoms with E-state index < -0.39 is 36.1 Å². The minimum absolute atomic E-state index is 0.210. The molecule has 1 amide bonds. The number of hydrogen-bond donors (Lipinski definition) is 2. The number of ether oxygens (including phenoxy) is 2. The molecule has 158 valence electrons.